The molecule has 0 saturated carbocycles. The molecule has 1 saturated heterocycles. The summed E-state index contributed by atoms with van der Waals surface area (Å²) in [5, 5.41) is 0.667. The van der Waals surface area contributed by atoms with Crippen molar-refractivity contribution >= 4 is 23.6 Å². The van der Waals surface area contributed by atoms with Gasteiger partial charge >= 0.3 is 0 Å². The number of amides is 1. The van der Waals surface area contributed by atoms with Gasteiger partial charge in [-0.25, -0.2) is 4.98 Å². The van der Waals surface area contributed by atoms with Crippen LogP contribution in [0.25, 0.3) is 6.08 Å². The summed E-state index contributed by atoms with van der Waals surface area (Å²) >= 11 is 6.21. The highest BCUT2D eigenvalue weighted by Crippen LogP contribution is 2.26. The molecule has 0 atom stereocenters. The molecule has 268 valence electrons. The van der Waals surface area contributed by atoms with Gasteiger partial charge in [-0.05, 0) is 97.6 Å². The van der Waals surface area contributed by atoms with Gasteiger partial charge in [-0.15, -0.1) is 0 Å². The minimum atomic E-state index is 0.0202. The second kappa shape index (κ2) is 17.8. The summed E-state index contributed by atoms with van der Waals surface area (Å²) in [6, 6.07) is 33.2. The van der Waals surface area contributed by atoms with E-state index in [0.717, 1.165) is 53.4 Å². The van der Waals surface area contributed by atoms with Crippen molar-refractivity contribution in [2.24, 2.45) is 0 Å². The van der Waals surface area contributed by atoms with Gasteiger partial charge in [0, 0.05) is 55.5 Å². The largest absolute Gasteiger partial charge is 0.491 e. The van der Waals surface area contributed by atoms with Crippen LogP contribution in [0, 0.1) is 6.92 Å². The average molecular weight is 718 g/mol. The summed E-state index contributed by atoms with van der Waals surface area (Å²) in [6.45, 7) is 10.8. The number of carbonyl (C=O) groups is 1. The standard InChI is InChI=1S/C43H44ClN3O5/c1-31(2)51-38-17-15-37(16-18-38)49-29-34-10-8-33(9-11-34)28-46-22-24-47(25-23-46)43(48)21-13-35-12-14-39(26-32(35)3)52-42-20-19-40(27-45-42)50-30-36-6-4-5-7-41(36)44/h4-21,26-27,31H,22-25,28-30H2,1-3H3. The van der Waals surface area contributed by atoms with Gasteiger partial charge in [-0.1, -0.05) is 60.1 Å². The third kappa shape index (κ3) is 10.6. The molecule has 4 aromatic carbocycles. The van der Waals surface area contributed by atoms with Crippen molar-refractivity contribution < 1.29 is 23.7 Å². The summed E-state index contributed by atoms with van der Waals surface area (Å²) < 4.78 is 23.4. The summed E-state index contributed by atoms with van der Waals surface area (Å²) in [6.07, 6.45) is 5.31. The molecule has 0 spiro atoms. The first-order valence-corrected chi connectivity index (χ1v) is 17.9. The van der Waals surface area contributed by atoms with E-state index >= 15 is 0 Å². The van der Waals surface area contributed by atoms with Crippen LogP contribution >= 0.6 is 11.6 Å². The number of hydrogen-bond acceptors (Lipinski definition) is 7. The number of piperazine rings is 1. The molecule has 52 heavy (non-hydrogen) atoms. The van der Waals surface area contributed by atoms with Gasteiger partial charge < -0.3 is 23.8 Å². The van der Waals surface area contributed by atoms with E-state index in [0.29, 0.717) is 48.7 Å². The molecule has 1 aliphatic rings. The smallest absolute Gasteiger partial charge is 0.246 e. The molecule has 2 heterocycles. The van der Waals surface area contributed by atoms with Crippen molar-refractivity contribution in [1.82, 2.24) is 14.8 Å². The molecule has 1 aromatic heterocycles. The van der Waals surface area contributed by atoms with E-state index in [1.165, 1.54) is 5.56 Å². The van der Waals surface area contributed by atoms with Crippen molar-refractivity contribution in [3.8, 4) is 28.9 Å². The van der Waals surface area contributed by atoms with Gasteiger partial charge in [0.2, 0.25) is 11.8 Å². The van der Waals surface area contributed by atoms with Crippen LogP contribution in [0.2, 0.25) is 5.02 Å². The fourth-order valence-electron chi connectivity index (χ4n) is 5.75. The van der Waals surface area contributed by atoms with E-state index < -0.39 is 0 Å². The molecule has 1 aliphatic heterocycles. The van der Waals surface area contributed by atoms with Crippen LogP contribution in [0.1, 0.15) is 41.7 Å². The van der Waals surface area contributed by atoms with Crippen LogP contribution in [0.15, 0.2) is 115 Å². The van der Waals surface area contributed by atoms with E-state index in [2.05, 4.69) is 34.1 Å². The van der Waals surface area contributed by atoms with Crippen molar-refractivity contribution in [3.63, 3.8) is 0 Å². The molecule has 0 radical (unpaired) electrons. The highest BCUT2D eigenvalue weighted by atomic mass is 35.5. The molecule has 1 fully saturated rings. The number of benzene rings is 4. The van der Waals surface area contributed by atoms with Crippen molar-refractivity contribution in [2.75, 3.05) is 26.2 Å². The van der Waals surface area contributed by atoms with Crippen LogP contribution in [0.4, 0.5) is 0 Å². The minimum Gasteiger partial charge on any atom is -0.491 e. The number of nitrogens with zero attached hydrogens (tertiary/aromatic N) is 3. The summed E-state index contributed by atoms with van der Waals surface area (Å²) in [5.74, 6) is 3.42. The maximum atomic E-state index is 13.0. The van der Waals surface area contributed by atoms with Crippen LogP contribution in [-0.2, 0) is 24.6 Å². The number of hydrogen-bond donors (Lipinski definition) is 0. The zero-order valence-electron chi connectivity index (χ0n) is 29.8. The van der Waals surface area contributed by atoms with Crippen LogP contribution in [-0.4, -0.2) is 53.0 Å². The predicted octanol–water partition coefficient (Wildman–Crippen LogP) is 9.14. The quantitative estimate of drug-likeness (QED) is 0.106. The number of carbonyl (C=O) groups excluding carboxylic acids is 1. The number of aryl methyl sites for hydroxylation is 1. The molecule has 9 heteroatoms. The normalized spacial score (nSPS) is 13.4. The lowest BCUT2D eigenvalue weighted by Gasteiger charge is -2.34. The maximum Gasteiger partial charge on any atom is 0.246 e. The zero-order valence-corrected chi connectivity index (χ0v) is 30.6. The molecule has 0 N–H and O–H groups in total. The number of rotatable bonds is 14. The van der Waals surface area contributed by atoms with E-state index in [1.54, 1.807) is 18.3 Å². The molecular formula is C43H44ClN3O5. The lowest BCUT2D eigenvalue weighted by atomic mass is 10.1. The highest BCUT2D eigenvalue weighted by molar-refractivity contribution is 6.31. The third-order valence-electron chi connectivity index (χ3n) is 8.64. The summed E-state index contributed by atoms with van der Waals surface area (Å²) in [5.41, 5.74) is 5.22. The maximum absolute atomic E-state index is 13.0. The number of aromatic nitrogens is 1. The van der Waals surface area contributed by atoms with E-state index in [-0.39, 0.29) is 12.0 Å². The predicted molar refractivity (Wildman–Crippen MR) is 205 cm³/mol. The Kier molecular flexibility index (Phi) is 12.5. The third-order valence-corrected chi connectivity index (χ3v) is 9.01. The number of halogens is 1. The molecule has 5 aromatic rings. The molecule has 0 unspecified atom stereocenters. The molecule has 6 rings (SSSR count). The van der Waals surface area contributed by atoms with Crippen LogP contribution in [0.5, 0.6) is 28.9 Å². The van der Waals surface area contributed by atoms with Gasteiger partial charge in [0.25, 0.3) is 0 Å². The second-order valence-corrected chi connectivity index (χ2v) is 13.4. The molecule has 0 aliphatic carbocycles. The topological polar surface area (TPSA) is 73.4 Å². The SMILES string of the molecule is Cc1cc(Oc2ccc(OCc3ccccc3Cl)cn2)ccc1C=CC(=O)N1CCN(Cc2ccc(COc3ccc(OC(C)C)cc3)cc2)CC1. The minimum absolute atomic E-state index is 0.0202. The van der Waals surface area contributed by atoms with Crippen LogP contribution in [0.3, 0.4) is 0 Å². The molecule has 0 bridgehead atoms. The van der Waals surface area contributed by atoms with Gasteiger partial charge in [-0.3, -0.25) is 9.69 Å². The lowest BCUT2D eigenvalue weighted by molar-refractivity contribution is -0.127. The molecular weight excluding hydrogens is 674 g/mol. The summed E-state index contributed by atoms with van der Waals surface area (Å²) in [7, 11) is 0. The van der Waals surface area contributed by atoms with E-state index in [4.69, 9.17) is 30.5 Å². The lowest BCUT2D eigenvalue weighted by Crippen LogP contribution is -2.47. The Hall–Kier alpha value is -5.31. The first kappa shape index (κ1) is 36.5. The number of ether oxygens (including phenoxy) is 4. The number of pyridine rings is 1. The van der Waals surface area contributed by atoms with Gasteiger partial charge in [0.1, 0.15) is 36.2 Å². The van der Waals surface area contributed by atoms with E-state index in [9.17, 15) is 4.79 Å². The first-order valence-electron chi connectivity index (χ1n) is 17.5. The Morgan fingerprint density at radius 1 is 0.788 bits per heavy atom. The van der Waals surface area contributed by atoms with Crippen LogP contribution < -0.4 is 18.9 Å². The van der Waals surface area contributed by atoms with Gasteiger partial charge in [-0.2, -0.15) is 0 Å². The monoisotopic (exact) mass is 717 g/mol. The Balaban J connectivity index is 0.914. The highest BCUT2D eigenvalue weighted by Gasteiger charge is 2.20. The summed E-state index contributed by atoms with van der Waals surface area (Å²) in [4.78, 5) is 21.7. The van der Waals surface area contributed by atoms with Crippen molar-refractivity contribution in [1.29, 1.82) is 0 Å². The average Bonchev–Trinajstić information content (AvgIpc) is 3.15. The zero-order chi connectivity index (χ0) is 36.3. The Labute approximate surface area is 311 Å². The Morgan fingerprint density at radius 2 is 1.46 bits per heavy atom. The fourth-order valence-corrected chi connectivity index (χ4v) is 5.94. The molecule has 8 nitrogen and oxygen atoms in total. The molecule has 1 amide bonds. The van der Waals surface area contributed by atoms with Gasteiger partial charge in [0.15, 0.2) is 0 Å². The van der Waals surface area contributed by atoms with E-state index in [1.807, 2.05) is 105 Å². The van der Waals surface area contributed by atoms with Crippen molar-refractivity contribution in [3.05, 3.63) is 148 Å². The van der Waals surface area contributed by atoms with Crippen molar-refractivity contribution in [2.45, 2.75) is 46.6 Å². The van der Waals surface area contributed by atoms with Gasteiger partial charge in [0.05, 0.1) is 12.3 Å². The second-order valence-electron chi connectivity index (χ2n) is 13.0. The Bertz CT molecular complexity index is 1940. The fraction of sp³-hybridized carbons (Fsp3) is 0.256. The first-order chi connectivity index (χ1) is 25.3. The Morgan fingerprint density at radius 3 is 2.15 bits per heavy atom.